The van der Waals surface area contributed by atoms with Crippen LogP contribution in [-0.2, 0) is 17.8 Å². The summed E-state index contributed by atoms with van der Waals surface area (Å²) in [5.41, 5.74) is 8.75. The third-order valence-corrected chi connectivity index (χ3v) is 4.15. The van der Waals surface area contributed by atoms with Crippen molar-refractivity contribution in [2.45, 2.75) is 19.0 Å². The first kappa shape index (κ1) is 15.2. The Bertz CT molecular complexity index is 746. The summed E-state index contributed by atoms with van der Waals surface area (Å²) < 4.78 is 0. The van der Waals surface area contributed by atoms with Crippen LogP contribution in [0.15, 0.2) is 48.5 Å². The van der Waals surface area contributed by atoms with Crippen molar-refractivity contribution < 1.29 is 9.72 Å². The Morgan fingerprint density at radius 3 is 2.61 bits per heavy atom. The highest BCUT2D eigenvalue weighted by molar-refractivity contribution is 5.83. The number of non-ortho nitro benzene ring substituents is 1. The SMILES string of the molecule is N[C@@H](C(=O)N1CCc2ccc([N+](=O)[O-])cc2C1)c1ccccc1. The number of hydrogen-bond donors (Lipinski definition) is 1. The van der Waals surface area contributed by atoms with Crippen molar-refractivity contribution in [3.05, 3.63) is 75.3 Å². The number of benzene rings is 2. The molecule has 0 saturated heterocycles. The van der Waals surface area contributed by atoms with Gasteiger partial charge in [0.15, 0.2) is 0 Å². The molecule has 0 aliphatic carbocycles. The summed E-state index contributed by atoms with van der Waals surface area (Å²) in [5, 5.41) is 10.9. The summed E-state index contributed by atoms with van der Waals surface area (Å²) in [5.74, 6) is -0.159. The molecule has 1 aliphatic heterocycles. The van der Waals surface area contributed by atoms with Crippen LogP contribution in [0.1, 0.15) is 22.7 Å². The molecule has 2 N–H and O–H groups in total. The second-order valence-electron chi connectivity index (χ2n) is 5.61. The molecular formula is C17H17N3O3. The minimum atomic E-state index is -0.712. The van der Waals surface area contributed by atoms with E-state index in [0.29, 0.717) is 19.5 Å². The molecule has 0 aromatic heterocycles. The molecule has 0 fully saturated rings. The van der Waals surface area contributed by atoms with Crippen LogP contribution in [-0.4, -0.2) is 22.3 Å². The molecule has 0 bridgehead atoms. The Morgan fingerprint density at radius 2 is 1.91 bits per heavy atom. The summed E-state index contributed by atoms with van der Waals surface area (Å²) in [6.07, 6.45) is 0.681. The van der Waals surface area contributed by atoms with Gasteiger partial charge >= 0.3 is 0 Å². The lowest BCUT2D eigenvalue weighted by Gasteiger charge is -2.30. The second kappa shape index (κ2) is 6.18. The number of nitrogens with zero attached hydrogens (tertiary/aromatic N) is 2. The first-order valence-electron chi connectivity index (χ1n) is 7.42. The number of hydrogen-bond acceptors (Lipinski definition) is 4. The molecule has 1 aliphatic rings. The van der Waals surface area contributed by atoms with Crippen molar-refractivity contribution in [3.63, 3.8) is 0 Å². The lowest BCUT2D eigenvalue weighted by Crippen LogP contribution is -2.41. The minimum absolute atomic E-state index is 0.0467. The number of fused-ring (bicyclic) bond motifs is 1. The van der Waals surface area contributed by atoms with E-state index < -0.39 is 11.0 Å². The molecule has 6 heteroatoms. The van der Waals surface area contributed by atoms with Crippen LogP contribution in [0, 0.1) is 10.1 Å². The molecule has 0 saturated carbocycles. The maximum absolute atomic E-state index is 12.6. The van der Waals surface area contributed by atoms with Gasteiger partial charge in [0.2, 0.25) is 5.91 Å². The van der Waals surface area contributed by atoms with Gasteiger partial charge in [-0.2, -0.15) is 0 Å². The summed E-state index contributed by atoms with van der Waals surface area (Å²) in [4.78, 5) is 24.7. The van der Waals surface area contributed by atoms with Crippen LogP contribution in [0.4, 0.5) is 5.69 Å². The number of nitro benzene ring substituents is 1. The molecule has 0 unspecified atom stereocenters. The van der Waals surface area contributed by atoms with Crippen molar-refractivity contribution in [1.29, 1.82) is 0 Å². The minimum Gasteiger partial charge on any atom is -0.336 e. The standard InChI is InChI=1S/C17H17N3O3/c18-16(13-4-2-1-3-5-13)17(21)19-9-8-12-6-7-15(20(22)23)10-14(12)11-19/h1-7,10,16H,8-9,11,18H2/t16-/m1/s1. The predicted molar refractivity (Wildman–Crippen MR) is 85.6 cm³/mol. The van der Waals surface area contributed by atoms with Crippen LogP contribution in [0.2, 0.25) is 0 Å². The number of carbonyl (C=O) groups excluding carboxylic acids is 1. The van der Waals surface area contributed by atoms with E-state index in [9.17, 15) is 14.9 Å². The van der Waals surface area contributed by atoms with Gasteiger partial charge in [0.25, 0.3) is 5.69 Å². The number of nitrogens with two attached hydrogens (primary N) is 1. The molecule has 3 rings (SSSR count). The first-order chi connectivity index (χ1) is 11.1. The Balaban J connectivity index is 1.79. The predicted octanol–water partition coefficient (Wildman–Crippen LogP) is 2.18. The molecule has 1 atom stereocenters. The average molecular weight is 311 g/mol. The molecule has 1 amide bonds. The van der Waals surface area contributed by atoms with Gasteiger partial charge in [-0.3, -0.25) is 14.9 Å². The second-order valence-corrected chi connectivity index (χ2v) is 5.61. The Morgan fingerprint density at radius 1 is 1.17 bits per heavy atom. The molecule has 2 aromatic carbocycles. The molecule has 6 nitrogen and oxygen atoms in total. The highest BCUT2D eigenvalue weighted by atomic mass is 16.6. The van der Waals surface area contributed by atoms with Crippen molar-refractivity contribution >= 4 is 11.6 Å². The average Bonchev–Trinajstić information content (AvgIpc) is 2.60. The Hall–Kier alpha value is -2.73. The highest BCUT2D eigenvalue weighted by Gasteiger charge is 2.26. The van der Waals surface area contributed by atoms with Crippen LogP contribution in [0.3, 0.4) is 0 Å². The van der Waals surface area contributed by atoms with E-state index >= 15 is 0 Å². The van der Waals surface area contributed by atoms with E-state index in [1.165, 1.54) is 6.07 Å². The number of rotatable bonds is 3. The van der Waals surface area contributed by atoms with E-state index in [1.807, 2.05) is 30.3 Å². The molecule has 1 heterocycles. The number of carbonyl (C=O) groups is 1. The lowest BCUT2D eigenvalue weighted by atomic mass is 9.97. The monoisotopic (exact) mass is 311 g/mol. The molecule has 2 aromatic rings. The third-order valence-electron chi connectivity index (χ3n) is 4.15. The maximum Gasteiger partial charge on any atom is 0.269 e. The van der Waals surface area contributed by atoms with Gasteiger partial charge in [0.1, 0.15) is 6.04 Å². The van der Waals surface area contributed by atoms with Gasteiger partial charge in [0, 0.05) is 25.2 Å². The lowest BCUT2D eigenvalue weighted by molar-refractivity contribution is -0.385. The zero-order chi connectivity index (χ0) is 16.4. The van der Waals surface area contributed by atoms with Gasteiger partial charge in [-0.05, 0) is 23.1 Å². The highest BCUT2D eigenvalue weighted by Crippen LogP contribution is 2.25. The molecule has 0 spiro atoms. The third kappa shape index (κ3) is 3.07. The van der Waals surface area contributed by atoms with Crippen molar-refractivity contribution in [3.8, 4) is 0 Å². The largest absolute Gasteiger partial charge is 0.336 e. The van der Waals surface area contributed by atoms with Gasteiger partial charge in [-0.25, -0.2) is 0 Å². The quantitative estimate of drug-likeness (QED) is 0.695. The van der Waals surface area contributed by atoms with E-state index in [-0.39, 0.29) is 11.6 Å². The van der Waals surface area contributed by atoms with Crippen molar-refractivity contribution in [2.75, 3.05) is 6.54 Å². The first-order valence-corrected chi connectivity index (χ1v) is 7.42. The zero-order valence-corrected chi connectivity index (χ0v) is 12.5. The molecule has 23 heavy (non-hydrogen) atoms. The topological polar surface area (TPSA) is 89.5 Å². The molecule has 0 radical (unpaired) electrons. The van der Waals surface area contributed by atoms with Gasteiger partial charge in [-0.15, -0.1) is 0 Å². The Labute approximate surface area is 133 Å². The van der Waals surface area contributed by atoms with Crippen molar-refractivity contribution in [2.24, 2.45) is 5.73 Å². The van der Waals surface area contributed by atoms with E-state index in [0.717, 1.165) is 16.7 Å². The summed E-state index contributed by atoms with van der Waals surface area (Å²) in [7, 11) is 0. The van der Waals surface area contributed by atoms with E-state index in [1.54, 1.807) is 17.0 Å². The fourth-order valence-corrected chi connectivity index (χ4v) is 2.84. The van der Waals surface area contributed by atoms with Crippen molar-refractivity contribution in [1.82, 2.24) is 4.90 Å². The summed E-state index contributed by atoms with van der Waals surface area (Å²) >= 11 is 0. The van der Waals surface area contributed by atoms with Crippen LogP contribution < -0.4 is 5.73 Å². The van der Waals surface area contributed by atoms with E-state index in [2.05, 4.69) is 0 Å². The van der Waals surface area contributed by atoms with Crippen LogP contribution in [0.5, 0.6) is 0 Å². The van der Waals surface area contributed by atoms with E-state index in [4.69, 9.17) is 5.73 Å². The van der Waals surface area contributed by atoms with Gasteiger partial charge < -0.3 is 10.6 Å². The maximum atomic E-state index is 12.6. The number of amides is 1. The normalized spacial score (nSPS) is 14.9. The van der Waals surface area contributed by atoms with Gasteiger partial charge in [-0.1, -0.05) is 36.4 Å². The fraction of sp³-hybridized carbons (Fsp3) is 0.235. The number of nitro groups is 1. The Kier molecular flexibility index (Phi) is 4.08. The van der Waals surface area contributed by atoms with Crippen LogP contribution >= 0.6 is 0 Å². The fourth-order valence-electron chi connectivity index (χ4n) is 2.84. The van der Waals surface area contributed by atoms with Crippen LogP contribution in [0.25, 0.3) is 0 Å². The molecule has 118 valence electrons. The summed E-state index contributed by atoms with van der Waals surface area (Å²) in [6, 6.07) is 13.3. The zero-order valence-electron chi connectivity index (χ0n) is 12.5. The summed E-state index contributed by atoms with van der Waals surface area (Å²) in [6.45, 7) is 0.931. The molecular weight excluding hydrogens is 294 g/mol. The van der Waals surface area contributed by atoms with Gasteiger partial charge in [0.05, 0.1) is 4.92 Å². The smallest absolute Gasteiger partial charge is 0.269 e.